The summed E-state index contributed by atoms with van der Waals surface area (Å²) in [6, 6.07) is 11.0. The third kappa shape index (κ3) is 2.46. The van der Waals surface area contributed by atoms with Crippen molar-refractivity contribution in [3.8, 4) is 6.07 Å². The summed E-state index contributed by atoms with van der Waals surface area (Å²) in [5.74, 6) is -0.496. The third-order valence-electron chi connectivity index (χ3n) is 2.72. The van der Waals surface area contributed by atoms with E-state index in [-0.39, 0.29) is 5.78 Å². The van der Waals surface area contributed by atoms with E-state index in [1.54, 1.807) is 24.3 Å². The molecule has 0 aromatic heterocycles. The molecule has 0 amide bonds. The standard InChI is InChI=1S/C14H10ClNO/c15-12-7-6-11(9-16)13(8-12)14(17)10-4-2-1-3-5-10/h1-7,13H,8H2/t13-/m1/s1. The highest BCUT2D eigenvalue weighted by atomic mass is 35.5. The number of nitrogens with zero attached hydrogens (tertiary/aromatic N) is 1. The van der Waals surface area contributed by atoms with Crippen LogP contribution in [0.1, 0.15) is 16.8 Å². The SMILES string of the molecule is N#CC1=CC=C(Cl)C[C@H]1C(=O)c1ccccc1. The summed E-state index contributed by atoms with van der Waals surface area (Å²) in [6.45, 7) is 0. The molecule has 0 heterocycles. The van der Waals surface area contributed by atoms with Gasteiger partial charge < -0.3 is 0 Å². The summed E-state index contributed by atoms with van der Waals surface area (Å²) in [6.07, 6.45) is 3.71. The van der Waals surface area contributed by atoms with Gasteiger partial charge in [-0.3, -0.25) is 4.79 Å². The van der Waals surface area contributed by atoms with E-state index >= 15 is 0 Å². The van der Waals surface area contributed by atoms with E-state index in [1.807, 2.05) is 18.2 Å². The van der Waals surface area contributed by atoms with Crippen molar-refractivity contribution in [2.45, 2.75) is 6.42 Å². The molecule has 3 heteroatoms. The van der Waals surface area contributed by atoms with Gasteiger partial charge in [-0.05, 0) is 18.6 Å². The molecule has 17 heavy (non-hydrogen) atoms. The van der Waals surface area contributed by atoms with Gasteiger partial charge in [0.2, 0.25) is 0 Å². The molecule has 84 valence electrons. The van der Waals surface area contributed by atoms with Gasteiger partial charge >= 0.3 is 0 Å². The molecule has 1 aromatic rings. The Hall–Kier alpha value is -1.85. The molecule has 2 rings (SSSR count). The first-order chi connectivity index (χ1) is 8.22. The molecule has 2 nitrogen and oxygen atoms in total. The van der Waals surface area contributed by atoms with Crippen LogP contribution in [0.25, 0.3) is 0 Å². The largest absolute Gasteiger partial charge is 0.293 e. The summed E-state index contributed by atoms with van der Waals surface area (Å²) in [7, 11) is 0. The second kappa shape index (κ2) is 4.99. The van der Waals surface area contributed by atoms with Crippen LogP contribution in [-0.2, 0) is 0 Å². The number of hydrogen-bond acceptors (Lipinski definition) is 2. The molecule has 0 spiro atoms. The summed E-state index contributed by atoms with van der Waals surface area (Å²) < 4.78 is 0. The number of allylic oxidation sites excluding steroid dienone is 4. The second-order valence-electron chi connectivity index (χ2n) is 3.83. The minimum Gasteiger partial charge on any atom is -0.293 e. The van der Waals surface area contributed by atoms with E-state index in [2.05, 4.69) is 6.07 Å². The molecule has 1 aliphatic rings. The number of carbonyl (C=O) groups excluding carboxylic acids is 1. The maximum absolute atomic E-state index is 12.2. The van der Waals surface area contributed by atoms with Gasteiger partial charge in [-0.15, -0.1) is 0 Å². The van der Waals surface area contributed by atoms with E-state index in [0.29, 0.717) is 22.6 Å². The molecule has 0 aliphatic heterocycles. The zero-order chi connectivity index (χ0) is 12.3. The fourth-order valence-corrected chi connectivity index (χ4v) is 2.04. The first-order valence-electron chi connectivity index (χ1n) is 5.28. The highest BCUT2D eigenvalue weighted by Gasteiger charge is 2.26. The van der Waals surface area contributed by atoms with Gasteiger partial charge in [0.25, 0.3) is 0 Å². The fraction of sp³-hybridized carbons (Fsp3) is 0.143. The minimum atomic E-state index is -0.445. The van der Waals surface area contributed by atoms with Crippen LogP contribution in [0.2, 0.25) is 0 Å². The van der Waals surface area contributed by atoms with Crippen molar-refractivity contribution in [1.29, 1.82) is 5.26 Å². The molecule has 0 unspecified atom stereocenters. The average molecular weight is 244 g/mol. The van der Waals surface area contributed by atoms with Gasteiger partial charge in [0.1, 0.15) is 0 Å². The van der Waals surface area contributed by atoms with Crippen molar-refractivity contribution in [1.82, 2.24) is 0 Å². The second-order valence-corrected chi connectivity index (χ2v) is 4.32. The number of benzene rings is 1. The van der Waals surface area contributed by atoms with E-state index in [4.69, 9.17) is 16.9 Å². The third-order valence-corrected chi connectivity index (χ3v) is 3.00. The number of Topliss-reactive ketones (excluding diaryl/α,β-unsaturated/α-hetero) is 1. The fourth-order valence-electron chi connectivity index (χ4n) is 1.82. The van der Waals surface area contributed by atoms with Crippen LogP contribution in [0.3, 0.4) is 0 Å². The van der Waals surface area contributed by atoms with Crippen LogP contribution in [0, 0.1) is 17.2 Å². The summed E-state index contributed by atoms with van der Waals surface area (Å²) in [4.78, 5) is 12.2. The number of rotatable bonds is 2. The Bertz CT molecular complexity index is 537. The maximum atomic E-state index is 12.2. The van der Waals surface area contributed by atoms with Crippen molar-refractivity contribution in [3.63, 3.8) is 0 Å². The lowest BCUT2D eigenvalue weighted by Gasteiger charge is -2.17. The molecule has 1 aliphatic carbocycles. The van der Waals surface area contributed by atoms with E-state index in [1.165, 1.54) is 0 Å². The smallest absolute Gasteiger partial charge is 0.171 e. The normalized spacial score (nSPS) is 18.9. The number of carbonyl (C=O) groups is 1. The lowest BCUT2D eigenvalue weighted by Crippen LogP contribution is -2.18. The van der Waals surface area contributed by atoms with Gasteiger partial charge in [-0.1, -0.05) is 41.9 Å². The monoisotopic (exact) mass is 243 g/mol. The zero-order valence-electron chi connectivity index (χ0n) is 9.06. The maximum Gasteiger partial charge on any atom is 0.171 e. The highest BCUT2D eigenvalue weighted by Crippen LogP contribution is 2.29. The van der Waals surface area contributed by atoms with Crippen molar-refractivity contribution in [2.24, 2.45) is 5.92 Å². The van der Waals surface area contributed by atoms with Gasteiger partial charge in [0.15, 0.2) is 5.78 Å². The summed E-state index contributed by atoms with van der Waals surface area (Å²) in [5, 5.41) is 9.61. The summed E-state index contributed by atoms with van der Waals surface area (Å²) >= 11 is 5.92. The Balaban J connectivity index is 2.30. The van der Waals surface area contributed by atoms with Crippen LogP contribution >= 0.6 is 11.6 Å². The van der Waals surface area contributed by atoms with Gasteiger partial charge in [0.05, 0.1) is 12.0 Å². The van der Waals surface area contributed by atoms with Crippen molar-refractivity contribution < 1.29 is 4.79 Å². The lowest BCUT2D eigenvalue weighted by molar-refractivity contribution is 0.0941. The van der Waals surface area contributed by atoms with Crippen LogP contribution in [0.5, 0.6) is 0 Å². The Morgan fingerprint density at radius 2 is 2.00 bits per heavy atom. The van der Waals surface area contributed by atoms with Crippen LogP contribution in [-0.4, -0.2) is 5.78 Å². The number of nitriles is 1. The number of ketones is 1. The van der Waals surface area contributed by atoms with Crippen LogP contribution in [0.4, 0.5) is 0 Å². The predicted molar refractivity (Wildman–Crippen MR) is 66.5 cm³/mol. The summed E-state index contributed by atoms with van der Waals surface area (Å²) in [5.41, 5.74) is 1.09. The Morgan fingerprint density at radius 3 is 2.65 bits per heavy atom. The molecule has 1 atom stereocenters. The molecule has 1 aromatic carbocycles. The van der Waals surface area contributed by atoms with E-state index in [9.17, 15) is 4.79 Å². The van der Waals surface area contributed by atoms with Crippen molar-refractivity contribution in [3.05, 3.63) is 58.7 Å². The van der Waals surface area contributed by atoms with Gasteiger partial charge in [-0.2, -0.15) is 5.26 Å². The van der Waals surface area contributed by atoms with E-state index < -0.39 is 5.92 Å². The Kier molecular flexibility index (Phi) is 3.41. The number of hydrogen-bond donors (Lipinski definition) is 0. The van der Waals surface area contributed by atoms with Crippen molar-refractivity contribution >= 4 is 17.4 Å². The molecule has 0 bridgehead atoms. The molecule has 0 N–H and O–H groups in total. The highest BCUT2D eigenvalue weighted by molar-refractivity contribution is 6.30. The Morgan fingerprint density at radius 1 is 1.29 bits per heavy atom. The van der Waals surface area contributed by atoms with Crippen molar-refractivity contribution in [2.75, 3.05) is 0 Å². The predicted octanol–water partition coefficient (Wildman–Crippen LogP) is 3.46. The molecular weight excluding hydrogens is 234 g/mol. The van der Waals surface area contributed by atoms with E-state index in [0.717, 1.165) is 0 Å². The topological polar surface area (TPSA) is 40.9 Å². The Labute approximate surface area is 105 Å². The average Bonchev–Trinajstić information content (AvgIpc) is 2.39. The van der Waals surface area contributed by atoms with Gasteiger partial charge in [-0.25, -0.2) is 0 Å². The molecule has 0 saturated heterocycles. The van der Waals surface area contributed by atoms with Crippen LogP contribution < -0.4 is 0 Å². The minimum absolute atomic E-state index is 0.0512. The van der Waals surface area contributed by atoms with Crippen LogP contribution in [0.15, 0.2) is 53.1 Å². The molecule has 0 fully saturated rings. The first kappa shape index (κ1) is 11.6. The first-order valence-corrected chi connectivity index (χ1v) is 5.66. The number of halogens is 1. The molecule has 0 saturated carbocycles. The zero-order valence-corrected chi connectivity index (χ0v) is 9.82. The quantitative estimate of drug-likeness (QED) is 0.747. The van der Waals surface area contributed by atoms with Gasteiger partial charge in [0, 0.05) is 16.2 Å². The molecular formula is C14H10ClNO. The molecule has 0 radical (unpaired) electrons. The lowest BCUT2D eigenvalue weighted by atomic mass is 9.85.